The number of hydrogen-bond acceptors (Lipinski definition) is 1. The molecule has 0 aromatic rings. The van der Waals surface area contributed by atoms with E-state index in [9.17, 15) is 0 Å². The van der Waals surface area contributed by atoms with Gasteiger partial charge in [0.05, 0.1) is 27.2 Å². The van der Waals surface area contributed by atoms with E-state index in [1.54, 1.807) is 0 Å². The molecule has 0 saturated carbocycles. The van der Waals surface area contributed by atoms with Crippen LogP contribution in [0.5, 0.6) is 0 Å². The summed E-state index contributed by atoms with van der Waals surface area (Å²) >= 11 is 0. The highest BCUT2D eigenvalue weighted by Gasteiger charge is 2.12. The van der Waals surface area contributed by atoms with Gasteiger partial charge in [-0.2, -0.15) is 0 Å². The third-order valence-corrected chi connectivity index (χ3v) is 2.54. The maximum Gasteiger partial charge on any atom is 0.0783 e. The van der Waals surface area contributed by atoms with E-state index in [1.165, 1.54) is 32.4 Å². The molecule has 2 nitrogen and oxygen atoms in total. The highest BCUT2D eigenvalue weighted by molar-refractivity contribution is 4.41. The van der Waals surface area contributed by atoms with Gasteiger partial charge in [-0.25, -0.2) is 0 Å². The minimum Gasteiger partial charge on any atom is -0.396 e. The number of hydrogen-bond donors (Lipinski definition) is 1. The van der Waals surface area contributed by atoms with Crippen molar-refractivity contribution in [2.75, 3.05) is 33.8 Å². The van der Waals surface area contributed by atoms with Gasteiger partial charge in [0.2, 0.25) is 0 Å². The van der Waals surface area contributed by atoms with Crippen molar-refractivity contribution in [3.8, 4) is 0 Å². The molecule has 0 atom stereocenters. The summed E-state index contributed by atoms with van der Waals surface area (Å²) < 4.78 is 1.11. The largest absolute Gasteiger partial charge is 0.396 e. The first-order chi connectivity index (χ1) is 6.12. The topological polar surface area (TPSA) is 20.2 Å². The summed E-state index contributed by atoms with van der Waals surface area (Å²) in [5, 5.41) is 8.67. The smallest absolute Gasteiger partial charge is 0.0783 e. The second-order valence-electron chi connectivity index (χ2n) is 4.52. The van der Waals surface area contributed by atoms with Gasteiger partial charge >= 0.3 is 0 Å². The molecular weight excluding hydrogens is 162 g/mol. The maximum atomic E-state index is 8.67. The van der Waals surface area contributed by atoms with Crippen molar-refractivity contribution >= 4 is 0 Å². The summed E-state index contributed by atoms with van der Waals surface area (Å²) in [4.78, 5) is 0. The Bertz CT molecular complexity index is 101. The van der Waals surface area contributed by atoms with E-state index in [0.29, 0.717) is 6.61 Å². The van der Waals surface area contributed by atoms with Gasteiger partial charge < -0.3 is 9.59 Å². The molecule has 0 amide bonds. The third kappa shape index (κ3) is 8.26. The first-order valence-electron chi connectivity index (χ1n) is 5.55. The molecule has 0 radical (unpaired) electrons. The number of aliphatic hydroxyl groups excluding tert-OH is 1. The Balaban J connectivity index is 3.42. The summed E-state index contributed by atoms with van der Waals surface area (Å²) in [6, 6.07) is 0. The lowest BCUT2D eigenvalue weighted by Gasteiger charge is -2.29. The fourth-order valence-electron chi connectivity index (χ4n) is 1.55. The van der Waals surface area contributed by atoms with Gasteiger partial charge in [0, 0.05) is 6.61 Å². The summed E-state index contributed by atoms with van der Waals surface area (Å²) in [6.07, 6.45) is 6.09. The van der Waals surface area contributed by atoms with Crippen molar-refractivity contribution in [1.29, 1.82) is 0 Å². The van der Waals surface area contributed by atoms with Crippen LogP contribution in [0.25, 0.3) is 0 Å². The number of rotatable bonds is 8. The first kappa shape index (κ1) is 12.9. The lowest BCUT2D eigenvalue weighted by atomic mass is 10.2. The second-order valence-corrected chi connectivity index (χ2v) is 4.52. The molecule has 0 rings (SSSR count). The third-order valence-electron chi connectivity index (χ3n) is 2.54. The number of unbranched alkanes of at least 4 members (excludes halogenated alkanes) is 3. The van der Waals surface area contributed by atoms with Crippen molar-refractivity contribution in [3.63, 3.8) is 0 Å². The van der Waals surface area contributed by atoms with E-state index in [1.807, 2.05) is 0 Å². The average Bonchev–Trinajstić information content (AvgIpc) is 2.05. The molecule has 0 aliphatic rings. The van der Waals surface area contributed by atoms with Crippen molar-refractivity contribution in [2.45, 2.75) is 39.0 Å². The molecule has 0 aromatic carbocycles. The van der Waals surface area contributed by atoms with E-state index in [2.05, 4.69) is 21.0 Å². The Morgan fingerprint density at radius 1 is 0.923 bits per heavy atom. The predicted molar refractivity (Wildman–Crippen MR) is 57.7 cm³/mol. The van der Waals surface area contributed by atoms with E-state index >= 15 is 0 Å². The van der Waals surface area contributed by atoms with Gasteiger partial charge in [-0.1, -0.05) is 13.3 Å². The lowest BCUT2D eigenvalue weighted by molar-refractivity contribution is -0.890. The number of aliphatic hydroxyl groups is 1. The molecule has 0 unspecified atom stereocenters. The minimum absolute atomic E-state index is 0.342. The molecule has 2 heteroatoms. The highest BCUT2D eigenvalue weighted by Crippen LogP contribution is 2.05. The molecule has 80 valence electrons. The van der Waals surface area contributed by atoms with Crippen LogP contribution in [0.4, 0.5) is 0 Å². The molecule has 0 aromatic heterocycles. The van der Waals surface area contributed by atoms with Crippen LogP contribution in [0.3, 0.4) is 0 Å². The van der Waals surface area contributed by atoms with E-state index < -0.39 is 0 Å². The van der Waals surface area contributed by atoms with Crippen LogP contribution in [-0.2, 0) is 0 Å². The molecule has 0 spiro atoms. The summed E-state index contributed by atoms with van der Waals surface area (Å²) in [5.41, 5.74) is 0. The van der Waals surface area contributed by atoms with Crippen LogP contribution >= 0.6 is 0 Å². The summed E-state index contributed by atoms with van der Waals surface area (Å²) in [7, 11) is 4.57. The second kappa shape index (κ2) is 7.34. The normalized spacial score (nSPS) is 12.0. The van der Waals surface area contributed by atoms with Crippen molar-refractivity contribution in [2.24, 2.45) is 0 Å². The summed E-state index contributed by atoms with van der Waals surface area (Å²) in [5.74, 6) is 0. The van der Waals surface area contributed by atoms with Crippen molar-refractivity contribution < 1.29 is 9.59 Å². The molecule has 13 heavy (non-hydrogen) atoms. The molecule has 0 aliphatic carbocycles. The van der Waals surface area contributed by atoms with Crippen molar-refractivity contribution in [3.05, 3.63) is 0 Å². The van der Waals surface area contributed by atoms with E-state index in [4.69, 9.17) is 5.11 Å². The fourth-order valence-corrected chi connectivity index (χ4v) is 1.55. The van der Waals surface area contributed by atoms with Gasteiger partial charge in [0.25, 0.3) is 0 Å². The van der Waals surface area contributed by atoms with Gasteiger partial charge in [-0.05, 0) is 25.7 Å². The van der Waals surface area contributed by atoms with Gasteiger partial charge in [-0.15, -0.1) is 0 Å². The molecule has 0 fully saturated rings. The Labute approximate surface area is 83.2 Å². The monoisotopic (exact) mass is 188 g/mol. The van der Waals surface area contributed by atoms with E-state index in [-0.39, 0.29) is 0 Å². The van der Waals surface area contributed by atoms with Crippen LogP contribution in [0.2, 0.25) is 0 Å². The van der Waals surface area contributed by atoms with Crippen LogP contribution < -0.4 is 0 Å². The Kier molecular flexibility index (Phi) is 7.29. The zero-order valence-corrected chi connectivity index (χ0v) is 9.55. The summed E-state index contributed by atoms with van der Waals surface area (Å²) in [6.45, 7) is 5.06. The molecule has 0 saturated heterocycles. The average molecular weight is 188 g/mol. The van der Waals surface area contributed by atoms with Crippen molar-refractivity contribution in [1.82, 2.24) is 0 Å². The molecule has 0 heterocycles. The molecule has 0 aliphatic heterocycles. The van der Waals surface area contributed by atoms with Crippen LogP contribution in [0, 0.1) is 0 Å². The molecule has 0 bridgehead atoms. The Morgan fingerprint density at radius 2 is 1.46 bits per heavy atom. The first-order valence-corrected chi connectivity index (χ1v) is 5.55. The fraction of sp³-hybridized carbons (Fsp3) is 1.00. The SMILES string of the molecule is CCCCC[N+](C)(C)CCCCO. The standard InChI is InChI=1S/C11H26NO/c1-4-5-6-9-12(2,3)10-7-8-11-13/h13H,4-11H2,1-3H3/q+1. The van der Waals surface area contributed by atoms with Gasteiger partial charge in [0.1, 0.15) is 0 Å². The Morgan fingerprint density at radius 3 is 1.92 bits per heavy atom. The van der Waals surface area contributed by atoms with E-state index in [0.717, 1.165) is 17.3 Å². The van der Waals surface area contributed by atoms with Crippen LogP contribution in [0.15, 0.2) is 0 Å². The minimum atomic E-state index is 0.342. The maximum absolute atomic E-state index is 8.67. The quantitative estimate of drug-likeness (QED) is 0.456. The number of nitrogens with zero attached hydrogens (tertiary/aromatic N) is 1. The zero-order valence-electron chi connectivity index (χ0n) is 9.55. The van der Waals surface area contributed by atoms with Gasteiger partial charge in [0.15, 0.2) is 0 Å². The van der Waals surface area contributed by atoms with Gasteiger partial charge in [-0.3, -0.25) is 0 Å². The zero-order chi connectivity index (χ0) is 10.2. The Hall–Kier alpha value is -0.0800. The van der Waals surface area contributed by atoms with Crippen LogP contribution in [0.1, 0.15) is 39.0 Å². The highest BCUT2D eigenvalue weighted by atomic mass is 16.2. The van der Waals surface area contributed by atoms with Crippen LogP contribution in [-0.4, -0.2) is 43.4 Å². The molecular formula is C11H26NO+. The lowest BCUT2D eigenvalue weighted by Crippen LogP contribution is -2.41. The number of quaternary nitrogens is 1. The predicted octanol–water partition coefficient (Wildman–Crippen LogP) is 2.03. The molecule has 1 N–H and O–H groups in total.